The van der Waals surface area contributed by atoms with E-state index in [2.05, 4.69) is 41.3 Å². The largest absolute Gasteiger partial charge is 0.326 e. The van der Waals surface area contributed by atoms with E-state index in [1.807, 2.05) is 6.07 Å². The Bertz CT molecular complexity index is 1670. The average molecular weight is 605 g/mol. The van der Waals surface area contributed by atoms with Gasteiger partial charge in [0.2, 0.25) is 11.8 Å². The SMILES string of the molecule is CC(=O)c1nn(CC(=O)N2C[C@H](F)C[C@H]2C(=O)Nc2cccc(Br)n2)c2ccc(-c3cnc(CC#N)nc3)cc12. The number of alkyl halides is 1. The van der Waals surface area contributed by atoms with Crippen molar-refractivity contribution in [2.24, 2.45) is 0 Å². The zero-order valence-electron chi connectivity index (χ0n) is 21.2. The zero-order chi connectivity index (χ0) is 28.4. The van der Waals surface area contributed by atoms with Gasteiger partial charge in [-0.05, 0) is 45.8 Å². The summed E-state index contributed by atoms with van der Waals surface area (Å²) in [5, 5.41) is 16.4. The first-order valence-corrected chi connectivity index (χ1v) is 13.1. The van der Waals surface area contributed by atoms with Crippen molar-refractivity contribution < 1.29 is 18.8 Å². The number of nitrogens with one attached hydrogen (secondary N) is 1. The number of carbonyl (C=O) groups excluding carboxylic acids is 3. The van der Waals surface area contributed by atoms with E-state index in [0.29, 0.717) is 26.9 Å². The molecule has 2 atom stereocenters. The number of aromatic nitrogens is 5. The number of pyridine rings is 1. The number of likely N-dealkylation sites (tertiary alicyclic amines) is 1. The molecule has 11 nitrogen and oxygen atoms in total. The molecule has 3 aromatic heterocycles. The van der Waals surface area contributed by atoms with E-state index < -0.39 is 24.0 Å². The van der Waals surface area contributed by atoms with Gasteiger partial charge in [-0.2, -0.15) is 10.4 Å². The number of benzene rings is 1. The van der Waals surface area contributed by atoms with Crippen LogP contribution >= 0.6 is 15.9 Å². The van der Waals surface area contributed by atoms with Gasteiger partial charge in [0, 0.05) is 36.7 Å². The Hall–Kier alpha value is -4.57. The molecule has 0 spiro atoms. The number of carbonyl (C=O) groups is 3. The van der Waals surface area contributed by atoms with Crippen LogP contribution in [0.15, 0.2) is 53.4 Å². The third kappa shape index (κ3) is 5.57. The van der Waals surface area contributed by atoms with Crippen molar-refractivity contribution in [3.8, 4) is 17.2 Å². The molecule has 13 heteroatoms. The minimum atomic E-state index is -1.36. The van der Waals surface area contributed by atoms with Crippen LogP contribution in [0.25, 0.3) is 22.0 Å². The van der Waals surface area contributed by atoms with Gasteiger partial charge in [-0.3, -0.25) is 19.1 Å². The van der Waals surface area contributed by atoms with Crippen molar-refractivity contribution in [2.75, 3.05) is 11.9 Å². The molecular formula is C27H22BrFN8O3. The standard InChI is InChI=1S/C27H22BrFN8O3/c1-15(38)26-19-9-16(17-11-31-23(7-8-30)32-12-17)5-6-20(19)37(35-26)14-25(39)36-13-18(29)10-21(36)27(40)34-24-4-2-3-22(28)33-24/h2-6,9,11-12,18,21H,7,10,13-14H2,1H3,(H,33,34,40)/t18-,21+/m1/s1. The van der Waals surface area contributed by atoms with Crippen LogP contribution in [0.4, 0.5) is 10.2 Å². The fourth-order valence-electron chi connectivity index (χ4n) is 4.62. The second-order valence-electron chi connectivity index (χ2n) is 9.25. The molecule has 40 heavy (non-hydrogen) atoms. The predicted molar refractivity (Wildman–Crippen MR) is 146 cm³/mol. The summed E-state index contributed by atoms with van der Waals surface area (Å²) < 4.78 is 16.3. The summed E-state index contributed by atoms with van der Waals surface area (Å²) in [5.41, 5.74) is 2.11. The average Bonchev–Trinajstić information content (AvgIpc) is 3.50. The number of nitriles is 1. The highest BCUT2D eigenvalue weighted by molar-refractivity contribution is 9.10. The quantitative estimate of drug-likeness (QED) is 0.249. The lowest BCUT2D eigenvalue weighted by molar-refractivity contribution is -0.137. The molecule has 0 aliphatic carbocycles. The van der Waals surface area contributed by atoms with E-state index in [1.165, 1.54) is 16.5 Å². The number of amides is 2. The van der Waals surface area contributed by atoms with Crippen LogP contribution in [0.5, 0.6) is 0 Å². The first-order chi connectivity index (χ1) is 19.2. The zero-order valence-corrected chi connectivity index (χ0v) is 22.8. The van der Waals surface area contributed by atoms with Crippen molar-refractivity contribution in [3.63, 3.8) is 0 Å². The lowest BCUT2D eigenvalue weighted by atomic mass is 10.0. The maximum absolute atomic E-state index is 14.4. The number of anilines is 1. The second-order valence-corrected chi connectivity index (χ2v) is 10.1. The number of nitrogens with zero attached hydrogens (tertiary/aromatic N) is 7. The first-order valence-electron chi connectivity index (χ1n) is 12.3. The Morgan fingerprint density at radius 2 is 1.95 bits per heavy atom. The Labute approximate surface area is 236 Å². The van der Waals surface area contributed by atoms with Gasteiger partial charge in [0.25, 0.3) is 0 Å². The number of fused-ring (bicyclic) bond motifs is 1. The van der Waals surface area contributed by atoms with Gasteiger partial charge in [-0.25, -0.2) is 19.3 Å². The van der Waals surface area contributed by atoms with Gasteiger partial charge >= 0.3 is 0 Å². The second kappa shape index (κ2) is 11.3. The number of hydrogen-bond donors (Lipinski definition) is 1. The van der Waals surface area contributed by atoms with Crippen LogP contribution in [0, 0.1) is 11.3 Å². The topological polar surface area (TPSA) is 147 Å². The molecule has 0 radical (unpaired) electrons. The summed E-state index contributed by atoms with van der Waals surface area (Å²) in [6.45, 7) is 0.860. The number of hydrogen-bond acceptors (Lipinski definition) is 8. The van der Waals surface area contributed by atoms with Crippen molar-refractivity contribution in [1.29, 1.82) is 5.26 Å². The molecule has 5 rings (SSSR count). The summed E-state index contributed by atoms with van der Waals surface area (Å²) in [5.74, 6) is -0.661. The summed E-state index contributed by atoms with van der Waals surface area (Å²) in [6.07, 6.45) is 1.79. The summed E-state index contributed by atoms with van der Waals surface area (Å²) in [7, 11) is 0. The smallest absolute Gasteiger partial charge is 0.248 e. The summed E-state index contributed by atoms with van der Waals surface area (Å²) in [4.78, 5) is 52.5. The van der Waals surface area contributed by atoms with Crippen molar-refractivity contribution in [1.82, 2.24) is 29.6 Å². The highest BCUT2D eigenvalue weighted by Gasteiger charge is 2.40. The highest BCUT2D eigenvalue weighted by atomic mass is 79.9. The van der Waals surface area contributed by atoms with Gasteiger partial charge < -0.3 is 10.2 Å². The normalized spacial score (nSPS) is 16.6. The molecule has 202 valence electrons. The Morgan fingerprint density at radius 1 is 1.18 bits per heavy atom. The summed E-state index contributed by atoms with van der Waals surface area (Å²) in [6, 6.07) is 11.2. The van der Waals surface area contributed by atoms with Crippen LogP contribution in [-0.4, -0.2) is 66.0 Å². The fraction of sp³-hybridized carbons (Fsp3) is 0.259. The predicted octanol–water partition coefficient (Wildman–Crippen LogP) is 3.50. The Balaban J connectivity index is 1.40. The number of rotatable bonds is 7. The molecule has 4 aromatic rings. The third-order valence-electron chi connectivity index (χ3n) is 6.48. The number of halogens is 2. The van der Waals surface area contributed by atoms with E-state index >= 15 is 0 Å². The maximum atomic E-state index is 14.4. The molecule has 0 unspecified atom stereocenters. The lowest BCUT2D eigenvalue weighted by Crippen LogP contribution is -2.44. The Kier molecular flexibility index (Phi) is 7.61. The van der Waals surface area contributed by atoms with Crippen LogP contribution in [0.3, 0.4) is 0 Å². The van der Waals surface area contributed by atoms with E-state index in [-0.39, 0.29) is 43.2 Å². The molecule has 1 fully saturated rings. The molecule has 1 saturated heterocycles. The number of Topliss-reactive ketones (excluding diaryl/α,β-unsaturated/α-hetero) is 1. The van der Waals surface area contributed by atoms with Crippen LogP contribution in [0.1, 0.15) is 29.7 Å². The molecular weight excluding hydrogens is 583 g/mol. The van der Waals surface area contributed by atoms with Crippen molar-refractivity contribution in [2.45, 2.75) is 38.5 Å². The monoisotopic (exact) mass is 604 g/mol. The summed E-state index contributed by atoms with van der Waals surface area (Å²) >= 11 is 3.24. The molecule has 2 amide bonds. The van der Waals surface area contributed by atoms with E-state index in [9.17, 15) is 18.8 Å². The van der Waals surface area contributed by atoms with Crippen molar-refractivity contribution in [3.05, 3.63) is 64.9 Å². The molecule has 1 aliphatic heterocycles. The van der Waals surface area contributed by atoms with Crippen LogP contribution in [0.2, 0.25) is 0 Å². The Morgan fingerprint density at radius 3 is 2.65 bits per heavy atom. The fourth-order valence-corrected chi connectivity index (χ4v) is 4.96. The van der Waals surface area contributed by atoms with E-state index in [4.69, 9.17) is 5.26 Å². The van der Waals surface area contributed by atoms with Gasteiger partial charge in [-0.15, -0.1) is 0 Å². The van der Waals surface area contributed by atoms with Gasteiger partial charge in [0.05, 0.1) is 24.6 Å². The minimum absolute atomic E-state index is 0.0954. The molecule has 1 aliphatic rings. The maximum Gasteiger partial charge on any atom is 0.248 e. The first kappa shape index (κ1) is 27.0. The highest BCUT2D eigenvalue weighted by Crippen LogP contribution is 2.28. The number of ketones is 1. The van der Waals surface area contributed by atoms with Gasteiger partial charge in [0.15, 0.2) is 5.78 Å². The van der Waals surface area contributed by atoms with E-state index in [1.54, 1.807) is 48.8 Å². The van der Waals surface area contributed by atoms with Gasteiger partial charge in [-0.1, -0.05) is 12.1 Å². The molecule has 1 aromatic carbocycles. The van der Waals surface area contributed by atoms with Crippen LogP contribution < -0.4 is 5.32 Å². The van der Waals surface area contributed by atoms with E-state index in [0.717, 1.165) is 5.56 Å². The lowest BCUT2D eigenvalue weighted by Gasteiger charge is -2.23. The third-order valence-corrected chi connectivity index (χ3v) is 6.93. The minimum Gasteiger partial charge on any atom is -0.326 e. The molecule has 4 heterocycles. The molecule has 0 bridgehead atoms. The molecule has 0 saturated carbocycles. The van der Waals surface area contributed by atoms with Crippen molar-refractivity contribution >= 4 is 50.2 Å². The molecule has 1 N–H and O–H groups in total. The van der Waals surface area contributed by atoms with Gasteiger partial charge in [0.1, 0.15) is 40.7 Å². The van der Waals surface area contributed by atoms with Crippen LogP contribution in [-0.2, 0) is 22.6 Å².